The largest absolute Gasteiger partial charge is 0.455 e. The van der Waals surface area contributed by atoms with Crippen molar-refractivity contribution in [2.75, 3.05) is 0 Å². The molecular weight excluding hydrogens is 775 g/mol. The van der Waals surface area contributed by atoms with Gasteiger partial charge in [-0.05, 0) is 65.1 Å². The molecule has 0 saturated heterocycles. The first-order valence-electron chi connectivity index (χ1n) is 21.1. The summed E-state index contributed by atoms with van der Waals surface area (Å²) in [5, 5.41) is 10.3. The van der Waals surface area contributed by atoms with Crippen molar-refractivity contribution in [2.45, 2.75) is 12.8 Å². The predicted molar refractivity (Wildman–Crippen MR) is 260 cm³/mol. The van der Waals surface area contributed by atoms with Gasteiger partial charge in [-0.2, -0.15) is 0 Å². The van der Waals surface area contributed by atoms with Gasteiger partial charge in [0.1, 0.15) is 11.2 Å². The van der Waals surface area contributed by atoms with Crippen molar-refractivity contribution in [1.82, 2.24) is 15.0 Å². The zero-order valence-electron chi connectivity index (χ0n) is 33.5. The van der Waals surface area contributed by atoms with Gasteiger partial charge >= 0.3 is 0 Å². The van der Waals surface area contributed by atoms with Crippen molar-refractivity contribution >= 4 is 97.0 Å². The van der Waals surface area contributed by atoms with Crippen molar-refractivity contribution in [1.29, 1.82) is 0 Å². The number of hydrogen-bond donors (Lipinski definition) is 0. The number of para-hydroxylation sites is 2. The number of pyridine rings is 1. The molecule has 4 aromatic heterocycles. The van der Waals surface area contributed by atoms with Gasteiger partial charge in [0.25, 0.3) is 0 Å². The van der Waals surface area contributed by atoms with Gasteiger partial charge in [-0.15, -0.1) is 11.3 Å². The Morgan fingerprint density at radius 3 is 1.97 bits per heavy atom. The number of allylic oxidation sites excluding steroid dienone is 4. The average Bonchev–Trinajstić information content (AvgIpc) is 3.93. The quantitative estimate of drug-likeness (QED) is 0.163. The van der Waals surface area contributed by atoms with Crippen molar-refractivity contribution in [3.05, 3.63) is 199 Å². The van der Waals surface area contributed by atoms with Crippen molar-refractivity contribution in [3.63, 3.8) is 0 Å². The topological polar surface area (TPSA) is 51.8 Å². The molecule has 0 radical (unpaired) electrons. The van der Waals surface area contributed by atoms with Gasteiger partial charge in [-0.25, -0.2) is 15.0 Å². The van der Waals surface area contributed by atoms with Crippen molar-refractivity contribution in [2.24, 2.45) is 0 Å². The summed E-state index contributed by atoms with van der Waals surface area (Å²) in [5.74, 6) is 0.747. The fourth-order valence-corrected chi connectivity index (χ4v) is 10.8. The van der Waals surface area contributed by atoms with E-state index in [1.165, 1.54) is 42.1 Å². The van der Waals surface area contributed by atoms with Crippen LogP contribution in [-0.4, -0.2) is 15.0 Å². The third kappa shape index (κ3) is 5.49. The number of nitrogens with zero attached hydrogens (tertiary/aromatic N) is 3. The monoisotopic (exact) mass is 809 g/mol. The first-order valence-corrected chi connectivity index (χ1v) is 22.0. The van der Waals surface area contributed by atoms with Crippen LogP contribution in [0.5, 0.6) is 0 Å². The number of furan rings is 1. The number of aromatic nitrogens is 3. The van der Waals surface area contributed by atoms with E-state index in [2.05, 4.69) is 188 Å². The van der Waals surface area contributed by atoms with E-state index in [0.717, 1.165) is 102 Å². The molecule has 0 unspecified atom stereocenters. The van der Waals surface area contributed by atoms with Gasteiger partial charge in [-0.1, -0.05) is 158 Å². The molecule has 0 atom stereocenters. The highest BCUT2D eigenvalue weighted by Gasteiger charge is 2.22. The summed E-state index contributed by atoms with van der Waals surface area (Å²) in [4.78, 5) is 15.9. The molecule has 62 heavy (non-hydrogen) atoms. The molecule has 12 aromatic rings. The van der Waals surface area contributed by atoms with E-state index in [4.69, 9.17) is 19.4 Å². The van der Waals surface area contributed by atoms with Gasteiger partial charge in [0, 0.05) is 69.4 Å². The molecule has 0 bridgehead atoms. The zero-order chi connectivity index (χ0) is 40.7. The number of fused-ring (bicyclic) bond motifs is 11. The second-order valence-corrected chi connectivity index (χ2v) is 17.2. The molecule has 0 amide bonds. The highest BCUT2D eigenvalue weighted by atomic mass is 32.1. The summed E-state index contributed by atoms with van der Waals surface area (Å²) in [6, 6.07) is 62.3. The second-order valence-electron chi connectivity index (χ2n) is 16.1. The van der Waals surface area contributed by atoms with E-state index in [1.54, 1.807) is 0 Å². The molecule has 0 spiro atoms. The standard InChI is InChI=1S/C57H35N3OS/c1-2-14-36(15-3-1)48-33-49(60-57(59-48)46-23-12-26-51-52(46)44-19-7-9-25-50(44)62-51)37-29-27-35(28-30-37)39-20-11-22-41-42-31-32-45-53(56(42)61-55(39)41)43-18-6-8-24-47(43)58-54(45)40-21-10-16-34-13-4-5-17-38(34)40/h1-27,29,31-33H,28,30H2. The van der Waals surface area contributed by atoms with Gasteiger partial charge in [0.15, 0.2) is 5.82 Å². The summed E-state index contributed by atoms with van der Waals surface area (Å²) in [5.41, 5.74) is 12.4. The third-order valence-corrected chi connectivity index (χ3v) is 13.8. The Hall–Kier alpha value is -7.73. The molecule has 0 fully saturated rings. The Kier molecular flexibility index (Phi) is 7.87. The minimum absolute atomic E-state index is 0.747. The number of hydrogen-bond acceptors (Lipinski definition) is 5. The smallest absolute Gasteiger partial charge is 0.161 e. The van der Waals surface area contributed by atoms with E-state index in [0.29, 0.717) is 0 Å². The van der Waals surface area contributed by atoms with Crippen LogP contribution in [0.1, 0.15) is 24.1 Å². The fourth-order valence-electron chi connectivity index (χ4n) is 9.70. The summed E-state index contributed by atoms with van der Waals surface area (Å²) in [7, 11) is 0. The van der Waals surface area contributed by atoms with Gasteiger partial charge in [0.05, 0.1) is 22.6 Å². The molecular formula is C57H35N3OS. The molecule has 5 heteroatoms. The molecule has 13 rings (SSSR count). The number of thiophene rings is 1. The molecule has 4 heterocycles. The summed E-state index contributed by atoms with van der Waals surface area (Å²) >= 11 is 1.82. The molecule has 1 aliphatic carbocycles. The molecule has 0 aliphatic heterocycles. The van der Waals surface area contributed by atoms with Crippen LogP contribution in [-0.2, 0) is 0 Å². The first kappa shape index (κ1) is 35.1. The lowest BCUT2D eigenvalue weighted by molar-refractivity contribution is 0.671. The molecule has 0 N–H and O–H groups in total. The summed E-state index contributed by atoms with van der Waals surface area (Å²) in [6.07, 6.45) is 6.22. The fraction of sp³-hybridized carbons (Fsp3) is 0.0351. The lowest BCUT2D eigenvalue weighted by Gasteiger charge is -2.17. The highest BCUT2D eigenvalue weighted by molar-refractivity contribution is 7.25. The first-order chi connectivity index (χ1) is 30.7. The molecule has 1 aliphatic rings. The average molecular weight is 810 g/mol. The van der Waals surface area contributed by atoms with E-state index in [-0.39, 0.29) is 0 Å². The Balaban J connectivity index is 0.960. The highest BCUT2D eigenvalue weighted by Crippen LogP contribution is 2.45. The maximum absolute atomic E-state index is 7.13. The SMILES string of the molecule is C1=C(c2cc(-c3ccccc3)nc(-c3cccc4sc5ccccc5c34)n2)CCC(c2cccc3c2oc2c3ccc3c(-c4cccc5ccccc45)nc4ccccc4c32)=C1. The van der Waals surface area contributed by atoms with Crippen LogP contribution >= 0.6 is 11.3 Å². The maximum atomic E-state index is 7.13. The molecule has 8 aromatic carbocycles. The molecule has 0 saturated carbocycles. The van der Waals surface area contributed by atoms with Crippen LogP contribution in [0, 0.1) is 0 Å². The minimum atomic E-state index is 0.747. The van der Waals surface area contributed by atoms with E-state index < -0.39 is 0 Å². The Bertz CT molecular complexity index is 3870. The van der Waals surface area contributed by atoms with Crippen molar-refractivity contribution < 1.29 is 4.42 Å². The maximum Gasteiger partial charge on any atom is 0.161 e. The van der Waals surface area contributed by atoms with Crippen molar-refractivity contribution in [3.8, 4) is 33.9 Å². The van der Waals surface area contributed by atoms with Crippen LogP contribution in [0.25, 0.3) is 120 Å². The predicted octanol–water partition coefficient (Wildman–Crippen LogP) is 15.9. The van der Waals surface area contributed by atoms with E-state index in [9.17, 15) is 0 Å². The summed E-state index contributed by atoms with van der Waals surface area (Å²) < 4.78 is 9.64. The molecule has 290 valence electrons. The van der Waals surface area contributed by atoms with Crippen LogP contribution in [0.15, 0.2) is 192 Å². The lowest BCUT2D eigenvalue weighted by atomic mass is 9.90. The Morgan fingerprint density at radius 2 is 1.06 bits per heavy atom. The second kappa shape index (κ2) is 13.9. The van der Waals surface area contributed by atoms with E-state index in [1.807, 2.05) is 11.3 Å². The van der Waals surface area contributed by atoms with Crippen LogP contribution < -0.4 is 0 Å². The van der Waals surface area contributed by atoms with Gasteiger partial charge < -0.3 is 4.42 Å². The van der Waals surface area contributed by atoms with Crippen LogP contribution in [0.2, 0.25) is 0 Å². The van der Waals surface area contributed by atoms with Gasteiger partial charge in [0.2, 0.25) is 0 Å². The minimum Gasteiger partial charge on any atom is -0.455 e. The Labute approximate surface area is 360 Å². The zero-order valence-corrected chi connectivity index (χ0v) is 34.3. The van der Waals surface area contributed by atoms with Gasteiger partial charge in [-0.3, -0.25) is 0 Å². The number of rotatable bonds is 5. The third-order valence-electron chi connectivity index (χ3n) is 12.6. The van der Waals surface area contributed by atoms with Crippen LogP contribution in [0.3, 0.4) is 0 Å². The normalized spacial score (nSPS) is 13.2. The lowest BCUT2D eigenvalue weighted by Crippen LogP contribution is -2.01. The van der Waals surface area contributed by atoms with Crippen LogP contribution in [0.4, 0.5) is 0 Å². The molecule has 4 nitrogen and oxygen atoms in total. The Morgan fingerprint density at radius 1 is 0.419 bits per heavy atom. The van der Waals surface area contributed by atoms with E-state index >= 15 is 0 Å². The number of benzene rings is 8. The summed E-state index contributed by atoms with van der Waals surface area (Å²) in [6.45, 7) is 0.